The molecular weight excluding hydrogens is 664 g/mol. The summed E-state index contributed by atoms with van der Waals surface area (Å²) in [6, 6.07) is 26.1. The van der Waals surface area contributed by atoms with Crippen molar-refractivity contribution in [3.8, 4) is 11.5 Å². The maximum absolute atomic E-state index is 14.4. The number of imide groups is 1. The van der Waals surface area contributed by atoms with Gasteiger partial charge in [0.15, 0.2) is 11.6 Å². The van der Waals surface area contributed by atoms with Crippen LogP contribution in [-0.2, 0) is 19.1 Å². The number of hydrogen-bond acceptors (Lipinski definition) is 11. The number of benzene rings is 3. The quantitative estimate of drug-likeness (QED) is 0.128. The van der Waals surface area contributed by atoms with Gasteiger partial charge < -0.3 is 24.3 Å². The third-order valence-electron chi connectivity index (χ3n) is 9.54. The fourth-order valence-electron chi connectivity index (χ4n) is 6.68. The maximum Gasteiger partial charge on any atom is 0.308 e. The van der Waals surface area contributed by atoms with E-state index in [1.54, 1.807) is 60.7 Å². The van der Waals surface area contributed by atoms with Crippen molar-refractivity contribution in [2.24, 2.45) is 11.8 Å². The van der Waals surface area contributed by atoms with Gasteiger partial charge in [-0.1, -0.05) is 36.4 Å². The zero-order valence-corrected chi connectivity index (χ0v) is 29.2. The zero-order chi connectivity index (χ0) is 36.5. The number of amides is 2. The average molecular weight is 707 g/mol. The van der Waals surface area contributed by atoms with Crippen molar-refractivity contribution >= 4 is 41.1 Å². The van der Waals surface area contributed by atoms with Crippen LogP contribution in [0.4, 0.5) is 17.3 Å². The molecule has 0 aliphatic heterocycles. The lowest BCUT2D eigenvalue weighted by molar-refractivity contribution is -0.147. The van der Waals surface area contributed by atoms with Crippen LogP contribution in [0, 0.1) is 11.8 Å². The van der Waals surface area contributed by atoms with E-state index in [4.69, 9.17) is 18.9 Å². The first-order chi connectivity index (χ1) is 25.3. The summed E-state index contributed by atoms with van der Waals surface area (Å²) in [7, 11) is 2.79. The summed E-state index contributed by atoms with van der Waals surface area (Å²) in [6.45, 7) is 0. The van der Waals surface area contributed by atoms with E-state index < -0.39 is 11.8 Å². The van der Waals surface area contributed by atoms with Gasteiger partial charge in [0.05, 0.1) is 38.3 Å². The Bertz CT molecular complexity index is 1840. The molecule has 0 spiro atoms. The second-order valence-corrected chi connectivity index (χ2v) is 13.0. The predicted molar refractivity (Wildman–Crippen MR) is 193 cm³/mol. The third kappa shape index (κ3) is 8.74. The molecule has 4 aromatic rings. The Balaban J connectivity index is 1.29. The SMILES string of the molecule is COC(=O)[C@H]1CC[C@@H](Oc2ccc(C(=O)N(C(=O)c3ccccc3)c3nnc(Nc4ccccc4)cc3O[C@H]3CC[C@@H](C(=O)OC)CC3)cc2)CC1. The first kappa shape index (κ1) is 36.0. The van der Waals surface area contributed by atoms with Crippen molar-refractivity contribution in [1.82, 2.24) is 10.2 Å². The molecule has 12 heteroatoms. The van der Waals surface area contributed by atoms with Crippen molar-refractivity contribution in [1.29, 1.82) is 0 Å². The lowest BCUT2D eigenvalue weighted by Gasteiger charge is -2.29. The van der Waals surface area contributed by atoms with Crippen molar-refractivity contribution in [2.45, 2.75) is 63.6 Å². The van der Waals surface area contributed by atoms with Gasteiger partial charge in [0, 0.05) is 22.9 Å². The van der Waals surface area contributed by atoms with Crippen LogP contribution < -0.4 is 19.7 Å². The number of carbonyl (C=O) groups excluding carboxylic acids is 4. The molecule has 0 saturated heterocycles. The van der Waals surface area contributed by atoms with E-state index in [9.17, 15) is 19.2 Å². The van der Waals surface area contributed by atoms with Crippen molar-refractivity contribution in [2.75, 3.05) is 24.4 Å². The summed E-state index contributed by atoms with van der Waals surface area (Å²) >= 11 is 0. The average Bonchev–Trinajstić information content (AvgIpc) is 3.19. The Morgan fingerprint density at radius 3 is 1.65 bits per heavy atom. The van der Waals surface area contributed by atoms with Crippen LogP contribution in [0.25, 0.3) is 0 Å². The smallest absolute Gasteiger partial charge is 0.308 e. The predicted octanol–water partition coefficient (Wildman–Crippen LogP) is 6.93. The minimum atomic E-state index is -0.628. The number of para-hydroxylation sites is 1. The molecule has 0 bridgehead atoms. The number of ether oxygens (including phenoxy) is 4. The number of esters is 2. The summed E-state index contributed by atoms with van der Waals surface area (Å²) in [4.78, 5) is 53.7. The molecule has 1 heterocycles. The van der Waals surface area contributed by atoms with E-state index in [2.05, 4.69) is 15.5 Å². The van der Waals surface area contributed by atoms with E-state index in [-0.39, 0.29) is 58.7 Å². The van der Waals surface area contributed by atoms with Gasteiger partial charge in [-0.25, -0.2) is 4.90 Å². The first-order valence-electron chi connectivity index (χ1n) is 17.6. The molecule has 270 valence electrons. The lowest BCUT2D eigenvalue weighted by Crippen LogP contribution is -2.38. The molecule has 0 unspecified atom stereocenters. The van der Waals surface area contributed by atoms with E-state index in [0.717, 1.165) is 10.6 Å². The molecule has 6 rings (SSSR count). The van der Waals surface area contributed by atoms with Gasteiger partial charge in [-0.2, -0.15) is 0 Å². The fourth-order valence-corrected chi connectivity index (χ4v) is 6.68. The van der Waals surface area contributed by atoms with Crippen LogP contribution in [0.2, 0.25) is 0 Å². The molecule has 2 fully saturated rings. The number of rotatable bonds is 11. The normalized spacial score (nSPS) is 19.8. The Morgan fingerprint density at radius 2 is 1.12 bits per heavy atom. The summed E-state index contributed by atoms with van der Waals surface area (Å²) in [6.07, 6.45) is 4.69. The van der Waals surface area contributed by atoms with Crippen molar-refractivity contribution in [3.63, 3.8) is 0 Å². The Morgan fingerprint density at radius 1 is 0.615 bits per heavy atom. The summed E-state index contributed by atoms with van der Waals surface area (Å²) in [5.41, 5.74) is 1.27. The lowest BCUT2D eigenvalue weighted by atomic mass is 9.87. The van der Waals surface area contributed by atoms with Gasteiger partial charge in [0.25, 0.3) is 11.8 Å². The van der Waals surface area contributed by atoms with E-state index in [1.807, 2.05) is 30.3 Å². The maximum atomic E-state index is 14.4. The molecule has 1 N–H and O–H groups in total. The van der Waals surface area contributed by atoms with Crippen LogP contribution in [0.1, 0.15) is 72.1 Å². The first-order valence-corrected chi connectivity index (χ1v) is 17.6. The minimum absolute atomic E-state index is 0.0600. The highest BCUT2D eigenvalue weighted by molar-refractivity contribution is 6.25. The summed E-state index contributed by atoms with van der Waals surface area (Å²) in [5, 5.41) is 12.0. The molecule has 0 atom stereocenters. The van der Waals surface area contributed by atoms with Crippen LogP contribution in [0.3, 0.4) is 0 Å². The van der Waals surface area contributed by atoms with Gasteiger partial charge >= 0.3 is 11.9 Å². The molecule has 3 aromatic carbocycles. The summed E-state index contributed by atoms with van der Waals surface area (Å²) in [5.74, 6) is -0.944. The monoisotopic (exact) mass is 706 g/mol. The van der Waals surface area contributed by atoms with Crippen LogP contribution >= 0.6 is 0 Å². The van der Waals surface area contributed by atoms with E-state index >= 15 is 0 Å². The second-order valence-electron chi connectivity index (χ2n) is 13.0. The fraction of sp³-hybridized carbons (Fsp3) is 0.350. The molecule has 52 heavy (non-hydrogen) atoms. The van der Waals surface area contributed by atoms with Gasteiger partial charge in [0.2, 0.25) is 5.82 Å². The largest absolute Gasteiger partial charge is 0.490 e. The molecule has 2 saturated carbocycles. The van der Waals surface area contributed by atoms with Crippen LogP contribution in [0.5, 0.6) is 11.5 Å². The van der Waals surface area contributed by atoms with Gasteiger partial charge in [-0.05, 0) is 99.9 Å². The highest BCUT2D eigenvalue weighted by atomic mass is 16.5. The Hall–Kier alpha value is -5.78. The number of nitrogens with zero attached hydrogens (tertiary/aromatic N) is 3. The van der Waals surface area contributed by atoms with Gasteiger partial charge in [-0.3, -0.25) is 19.2 Å². The standard InChI is InChI=1S/C40H42N4O8/c1-49-39(47)28-15-21-32(22-16-28)51-31-19-13-27(14-20-31)38(46)44(37(45)26-9-5-3-6-10-26)36-34(52-33-23-17-29(18-24-33)40(48)50-2)25-35(42-43-36)41-30-11-7-4-8-12-30/h3-14,19-20,25,28-29,32-33H,15-18,21-24H2,1-2H3,(H,41,42)/t28-,29-,32+,33+. The second kappa shape index (κ2) is 17.0. The molecule has 0 radical (unpaired) electrons. The molecule has 12 nitrogen and oxygen atoms in total. The Kier molecular flexibility index (Phi) is 11.7. The van der Waals surface area contributed by atoms with Crippen LogP contribution in [0.15, 0.2) is 91.0 Å². The van der Waals surface area contributed by atoms with E-state index in [1.165, 1.54) is 14.2 Å². The Labute approximate surface area is 302 Å². The molecular formula is C40H42N4O8. The molecule has 2 amide bonds. The van der Waals surface area contributed by atoms with Gasteiger partial charge in [-0.15, -0.1) is 10.2 Å². The number of aromatic nitrogens is 2. The van der Waals surface area contributed by atoms with Gasteiger partial charge in [0.1, 0.15) is 5.75 Å². The number of methoxy groups -OCH3 is 2. The molecule has 1 aromatic heterocycles. The molecule has 2 aliphatic carbocycles. The van der Waals surface area contributed by atoms with Crippen LogP contribution in [-0.4, -0.2) is 60.4 Å². The van der Waals surface area contributed by atoms with E-state index in [0.29, 0.717) is 62.9 Å². The number of anilines is 3. The zero-order valence-electron chi connectivity index (χ0n) is 29.2. The highest BCUT2D eigenvalue weighted by Gasteiger charge is 2.34. The van der Waals surface area contributed by atoms with Crippen molar-refractivity contribution < 1.29 is 38.1 Å². The number of carbonyl (C=O) groups is 4. The topological polar surface area (TPSA) is 146 Å². The van der Waals surface area contributed by atoms with Crippen molar-refractivity contribution in [3.05, 3.63) is 102 Å². The summed E-state index contributed by atoms with van der Waals surface area (Å²) < 4.78 is 22.6. The number of nitrogens with one attached hydrogen (secondary N) is 1. The number of hydrogen-bond donors (Lipinski definition) is 1. The minimum Gasteiger partial charge on any atom is -0.490 e. The third-order valence-corrected chi connectivity index (χ3v) is 9.54. The highest BCUT2D eigenvalue weighted by Crippen LogP contribution is 2.36. The molecule has 2 aliphatic rings.